The van der Waals surface area contributed by atoms with Crippen LogP contribution in [-0.4, -0.2) is 28.9 Å². The maximum absolute atomic E-state index is 12.2. The van der Waals surface area contributed by atoms with Crippen LogP contribution in [0.25, 0.3) is 0 Å². The average molecular weight is 332 g/mol. The summed E-state index contributed by atoms with van der Waals surface area (Å²) in [4.78, 5) is 18.2. The minimum absolute atomic E-state index is 0.0652. The number of rotatable bonds is 4. The van der Waals surface area contributed by atoms with Gasteiger partial charge in [-0.15, -0.1) is 0 Å². The molecule has 1 aromatic carbocycles. The highest BCUT2D eigenvalue weighted by Gasteiger charge is 2.38. The van der Waals surface area contributed by atoms with Crippen molar-refractivity contribution in [2.24, 2.45) is 0 Å². The lowest BCUT2D eigenvalue weighted by atomic mass is 9.84. The Kier molecular flexibility index (Phi) is 4.20. The second-order valence-electron chi connectivity index (χ2n) is 6.43. The van der Waals surface area contributed by atoms with Gasteiger partial charge in [-0.3, -0.25) is 9.78 Å². The van der Waals surface area contributed by atoms with Gasteiger partial charge in [0.15, 0.2) is 0 Å². The van der Waals surface area contributed by atoms with E-state index in [-0.39, 0.29) is 17.9 Å². The van der Waals surface area contributed by atoms with Crippen molar-refractivity contribution in [3.63, 3.8) is 0 Å². The maximum atomic E-state index is 12.2. The molecule has 2 atom stereocenters. The number of ether oxygens (including phenoxy) is 1. The molecule has 2 heterocycles. The lowest BCUT2D eigenvalue weighted by Gasteiger charge is -2.30. The first-order valence-electron chi connectivity index (χ1n) is 8.47. The Labute approximate surface area is 147 Å². The molecule has 1 aliphatic carbocycles. The molecular formula is C21H20N2O2. The van der Waals surface area contributed by atoms with E-state index in [1.54, 1.807) is 11.1 Å². The second kappa shape index (κ2) is 6.65. The first-order valence-corrected chi connectivity index (χ1v) is 8.47. The Morgan fingerprint density at radius 1 is 1.20 bits per heavy atom. The maximum Gasteiger partial charge on any atom is 0.230 e. The zero-order valence-electron chi connectivity index (χ0n) is 14.1. The van der Waals surface area contributed by atoms with Gasteiger partial charge in [0.25, 0.3) is 0 Å². The number of pyridine rings is 1. The molecule has 0 N–H and O–H groups in total. The molecular weight excluding hydrogens is 312 g/mol. The number of likely N-dealkylation sites (N-methyl/N-ethyl adjacent to an activating group) is 1. The average Bonchev–Trinajstić information content (AvgIpc) is 2.96. The van der Waals surface area contributed by atoms with E-state index in [9.17, 15) is 4.79 Å². The van der Waals surface area contributed by atoms with E-state index in [1.165, 1.54) is 0 Å². The molecule has 0 spiro atoms. The van der Waals surface area contributed by atoms with Crippen molar-refractivity contribution in [1.29, 1.82) is 0 Å². The van der Waals surface area contributed by atoms with Crippen LogP contribution in [0.1, 0.15) is 23.5 Å². The van der Waals surface area contributed by atoms with Gasteiger partial charge in [-0.25, -0.2) is 0 Å². The molecule has 4 heteroatoms. The highest BCUT2D eigenvalue weighted by atomic mass is 16.5. The van der Waals surface area contributed by atoms with Gasteiger partial charge in [-0.05, 0) is 28.8 Å². The van der Waals surface area contributed by atoms with Crippen LogP contribution in [-0.2, 0) is 16.1 Å². The number of aromatic nitrogens is 1. The molecule has 126 valence electrons. The largest absolute Gasteiger partial charge is 0.368 e. The van der Waals surface area contributed by atoms with Crippen LogP contribution < -0.4 is 0 Å². The van der Waals surface area contributed by atoms with Crippen LogP contribution in [0.4, 0.5) is 0 Å². The summed E-state index contributed by atoms with van der Waals surface area (Å²) in [6.45, 7) is 0.519. The number of nitrogens with zero attached hydrogens (tertiary/aromatic N) is 2. The summed E-state index contributed by atoms with van der Waals surface area (Å²) in [5, 5.41) is 0. The highest BCUT2D eigenvalue weighted by Crippen LogP contribution is 2.40. The molecule has 4 nitrogen and oxygen atoms in total. The van der Waals surface area contributed by atoms with Crippen molar-refractivity contribution in [3.05, 3.63) is 89.4 Å². The standard InChI is InChI=1S/C21H20N2O2/c1-23-19-10-9-17(16-8-5-11-22-13-16)21(18(19)12-20(23)24)25-14-15-6-3-2-4-7-15/h2-11,13,17,21H,12,14H2,1H3. The van der Waals surface area contributed by atoms with E-state index in [1.807, 2.05) is 43.6 Å². The fraction of sp³-hybridized carbons (Fsp3) is 0.238. The molecule has 0 radical (unpaired) electrons. The fourth-order valence-corrected chi connectivity index (χ4v) is 3.52. The van der Waals surface area contributed by atoms with Gasteiger partial charge >= 0.3 is 0 Å². The van der Waals surface area contributed by atoms with Gasteiger partial charge in [-0.2, -0.15) is 0 Å². The monoisotopic (exact) mass is 332 g/mol. The number of benzene rings is 1. The summed E-state index contributed by atoms with van der Waals surface area (Å²) >= 11 is 0. The fourth-order valence-electron chi connectivity index (χ4n) is 3.52. The van der Waals surface area contributed by atoms with Crippen LogP contribution >= 0.6 is 0 Å². The van der Waals surface area contributed by atoms with E-state index < -0.39 is 0 Å². The molecule has 4 rings (SSSR count). The Hall–Kier alpha value is -2.72. The normalized spacial score (nSPS) is 22.4. The number of carbonyl (C=O) groups is 1. The van der Waals surface area contributed by atoms with Crippen molar-refractivity contribution >= 4 is 5.91 Å². The van der Waals surface area contributed by atoms with Crippen LogP contribution in [0.2, 0.25) is 0 Å². The van der Waals surface area contributed by atoms with Crippen molar-refractivity contribution in [2.45, 2.75) is 25.0 Å². The predicted molar refractivity (Wildman–Crippen MR) is 95.6 cm³/mol. The minimum atomic E-state index is -0.154. The Balaban J connectivity index is 1.65. The lowest BCUT2D eigenvalue weighted by molar-refractivity contribution is -0.126. The molecule has 1 aromatic heterocycles. The quantitative estimate of drug-likeness (QED) is 0.861. The summed E-state index contributed by atoms with van der Waals surface area (Å²) in [6, 6.07) is 14.1. The lowest BCUT2D eigenvalue weighted by Crippen LogP contribution is -2.27. The molecule has 0 saturated heterocycles. The summed E-state index contributed by atoms with van der Waals surface area (Å²) in [7, 11) is 1.83. The van der Waals surface area contributed by atoms with Gasteiger partial charge in [0.05, 0.1) is 19.1 Å². The molecule has 0 saturated carbocycles. The summed E-state index contributed by atoms with van der Waals surface area (Å²) < 4.78 is 6.33. The van der Waals surface area contributed by atoms with Gasteiger partial charge in [0.1, 0.15) is 0 Å². The zero-order chi connectivity index (χ0) is 17.2. The number of amides is 1. The molecule has 1 aliphatic heterocycles. The third-order valence-corrected chi connectivity index (χ3v) is 4.88. The van der Waals surface area contributed by atoms with Crippen molar-refractivity contribution in [2.75, 3.05) is 7.05 Å². The molecule has 2 aliphatic rings. The van der Waals surface area contributed by atoms with Crippen LogP contribution in [0.3, 0.4) is 0 Å². The number of carbonyl (C=O) groups excluding carboxylic acids is 1. The number of hydrogen-bond donors (Lipinski definition) is 0. The van der Waals surface area contributed by atoms with Crippen molar-refractivity contribution in [1.82, 2.24) is 9.88 Å². The Bertz CT molecular complexity index is 827. The summed E-state index contributed by atoms with van der Waals surface area (Å²) in [6.07, 6.45) is 8.08. The first kappa shape index (κ1) is 15.8. The van der Waals surface area contributed by atoms with E-state index >= 15 is 0 Å². The molecule has 25 heavy (non-hydrogen) atoms. The number of hydrogen-bond acceptors (Lipinski definition) is 3. The summed E-state index contributed by atoms with van der Waals surface area (Å²) in [5.41, 5.74) is 4.27. The first-order chi connectivity index (χ1) is 12.2. The third-order valence-electron chi connectivity index (χ3n) is 4.88. The van der Waals surface area contributed by atoms with Crippen LogP contribution in [0, 0.1) is 0 Å². The molecule has 2 aromatic rings. The minimum Gasteiger partial charge on any atom is -0.368 e. The van der Waals surface area contributed by atoms with Crippen molar-refractivity contribution in [3.8, 4) is 0 Å². The molecule has 2 unspecified atom stereocenters. The van der Waals surface area contributed by atoms with E-state index in [2.05, 4.69) is 29.3 Å². The van der Waals surface area contributed by atoms with Gasteiger partial charge < -0.3 is 9.64 Å². The van der Waals surface area contributed by atoms with E-state index in [0.717, 1.165) is 22.4 Å². The second-order valence-corrected chi connectivity index (χ2v) is 6.43. The van der Waals surface area contributed by atoms with Gasteiger partial charge in [-0.1, -0.05) is 42.5 Å². The molecule has 1 amide bonds. The van der Waals surface area contributed by atoms with Crippen LogP contribution in [0.15, 0.2) is 78.3 Å². The zero-order valence-corrected chi connectivity index (χ0v) is 14.1. The smallest absolute Gasteiger partial charge is 0.230 e. The topological polar surface area (TPSA) is 42.4 Å². The SMILES string of the molecule is CN1C(=O)CC2=C1C=CC(c1cccnc1)C2OCc1ccccc1. The van der Waals surface area contributed by atoms with Gasteiger partial charge in [0.2, 0.25) is 5.91 Å². The third kappa shape index (κ3) is 3.01. The van der Waals surface area contributed by atoms with E-state index in [4.69, 9.17) is 4.74 Å². The predicted octanol–water partition coefficient (Wildman–Crippen LogP) is 3.44. The van der Waals surface area contributed by atoms with Crippen LogP contribution in [0.5, 0.6) is 0 Å². The Morgan fingerprint density at radius 3 is 2.80 bits per heavy atom. The van der Waals surface area contributed by atoms with E-state index in [0.29, 0.717) is 13.0 Å². The molecule has 0 fully saturated rings. The van der Waals surface area contributed by atoms with Crippen molar-refractivity contribution < 1.29 is 9.53 Å². The Morgan fingerprint density at radius 2 is 2.04 bits per heavy atom. The molecule has 0 bridgehead atoms. The highest BCUT2D eigenvalue weighted by molar-refractivity contribution is 5.85. The number of allylic oxidation sites excluding steroid dienone is 1. The van der Waals surface area contributed by atoms with Gasteiger partial charge in [0, 0.05) is 31.1 Å². The summed E-state index contributed by atoms with van der Waals surface area (Å²) in [5.74, 6) is 0.185.